The predicted molar refractivity (Wildman–Crippen MR) is 98.8 cm³/mol. The van der Waals surface area contributed by atoms with Crippen LogP contribution in [0.25, 0.3) is 5.65 Å². The molecule has 4 rings (SSSR count). The maximum Gasteiger partial charge on any atom is 0.292 e. The minimum absolute atomic E-state index is 0.140. The van der Waals surface area contributed by atoms with E-state index in [0.29, 0.717) is 36.0 Å². The van der Waals surface area contributed by atoms with Gasteiger partial charge in [0.1, 0.15) is 0 Å². The van der Waals surface area contributed by atoms with Gasteiger partial charge in [-0.3, -0.25) is 14.7 Å². The SMILES string of the molecule is CCc1cc(=O)n2[nH]c(C3CCCCN3C(=O)c3oc(C)nc3C)cc2n1. The summed E-state index contributed by atoms with van der Waals surface area (Å²) in [5, 5.41) is 3.14. The lowest BCUT2D eigenvalue weighted by molar-refractivity contribution is 0.0570. The number of aromatic amines is 1. The standard InChI is InChI=1S/C19H23N5O3/c1-4-13-9-17(25)24-16(21-13)10-14(22-24)15-7-5-6-8-23(15)19(26)18-11(2)20-12(3)27-18/h9-10,15,22H,4-8H2,1-3H3. The van der Waals surface area contributed by atoms with Gasteiger partial charge < -0.3 is 9.32 Å². The van der Waals surface area contributed by atoms with Crippen molar-refractivity contribution in [2.75, 3.05) is 6.54 Å². The van der Waals surface area contributed by atoms with Gasteiger partial charge in [-0.1, -0.05) is 6.92 Å². The number of aryl methyl sites for hydroxylation is 3. The Morgan fingerprint density at radius 3 is 2.81 bits per heavy atom. The number of carbonyl (C=O) groups excluding carboxylic acids is 1. The summed E-state index contributed by atoms with van der Waals surface area (Å²) in [5.41, 5.74) is 2.62. The van der Waals surface area contributed by atoms with Crippen LogP contribution < -0.4 is 5.56 Å². The van der Waals surface area contributed by atoms with Gasteiger partial charge in [-0.15, -0.1) is 0 Å². The van der Waals surface area contributed by atoms with Gasteiger partial charge in [0.05, 0.1) is 17.4 Å². The molecular formula is C19H23N5O3. The van der Waals surface area contributed by atoms with E-state index in [1.807, 2.05) is 17.9 Å². The highest BCUT2D eigenvalue weighted by Gasteiger charge is 2.33. The topological polar surface area (TPSA) is 96.5 Å². The molecule has 0 bridgehead atoms. The van der Waals surface area contributed by atoms with Gasteiger partial charge in [0, 0.05) is 31.3 Å². The largest absolute Gasteiger partial charge is 0.436 e. The zero-order valence-electron chi connectivity index (χ0n) is 15.8. The highest BCUT2D eigenvalue weighted by atomic mass is 16.4. The van der Waals surface area contributed by atoms with Crippen molar-refractivity contribution in [3.63, 3.8) is 0 Å². The van der Waals surface area contributed by atoms with Crippen molar-refractivity contribution < 1.29 is 9.21 Å². The maximum atomic E-state index is 13.1. The van der Waals surface area contributed by atoms with Gasteiger partial charge in [-0.05, 0) is 32.6 Å². The molecule has 0 spiro atoms. The van der Waals surface area contributed by atoms with Crippen LogP contribution in [-0.4, -0.2) is 36.9 Å². The van der Waals surface area contributed by atoms with Crippen LogP contribution in [0.1, 0.15) is 65.8 Å². The molecule has 1 N–H and O–H groups in total. The van der Waals surface area contributed by atoms with Crippen molar-refractivity contribution in [1.29, 1.82) is 0 Å². The number of hydrogen-bond acceptors (Lipinski definition) is 5. The molecule has 1 saturated heterocycles. The number of aromatic nitrogens is 4. The van der Waals surface area contributed by atoms with Crippen LogP contribution in [0.3, 0.4) is 0 Å². The predicted octanol–water partition coefficient (Wildman–Crippen LogP) is 2.56. The third-order valence-corrected chi connectivity index (χ3v) is 5.11. The van der Waals surface area contributed by atoms with E-state index in [-0.39, 0.29) is 17.5 Å². The lowest BCUT2D eigenvalue weighted by Gasteiger charge is -2.34. The Kier molecular flexibility index (Phi) is 4.33. The van der Waals surface area contributed by atoms with Gasteiger partial charge in [0.25, 0.3) is 11.5 Å². The van der Waals surface area contributed by atoms with E-state index >= 15 is 0 Å². The molecule has 0 aliphatic carbocycles. The molecule has 3 aromatic rings. The molecule has 0 aromatic carbocycles. The van der Waals surface area contributed by atoms with Crippen molar-refractivity contribution >= 4 is 11.6 Å². The van der Waals surface area contributed by atoms with Crippen LogP contribution in [-0.2, 0) is 6.42 Å². The number of piperidine rings is 1. The lowest BCUT2D eigenvalue weighted by Crippen LogP contribution is -2.39. The number of amides is 1. The number of fused-ring (bicyclic) bond motifs is 1. The third kappa shape index (κ3) is 3.05. The van der Waals surface area contributed by atoms with Crippen molar-refractivity contribution in [1.82, 2.24) is 24.5 Å². The Balaban J connectivity index is 1.73. The molecule has 142 valence electrons. The number of nitrogens with one attached hydrogen (secondary N) is 1. The van der Waals surface area contributed by atoms with Crippen LogP contribution in [0.2, 0.25) is 0 Å². The van der Waals surface area contributed by atoms with Gasteiger partial charge >= 0.3 is 0 Å². The Bertz CT molecular complexity index is 1060. The summed E-state index contributed by atoms with van der Waals surface area (Å²) in [6, 6.07) is 3.26. The fourth-order valence-electron chi connectivity index (χ4n) is 3.77. The number of H-pyrrole nitrogens is 1. The van der Waals surface area contributed by atoms with Gasteiger partial charge in [0.15, 0.2) is 11.5 Å². The molecule has 3 aromatic heterocycles. The molecule has 0 saturated carbocycles. The summed E-state index contributed by atoms with van der Waals surface area (Å²) in [5.74, 6) is 0.614. The van der Waals surface area contributed by atoms with Crippen molar-refractivity contribution in [2.45, 2.75) is 52.5 Å². The molecule has 1 aliphatic heterocycles. The van der Waals surface area contributed by atoms with Gasteiger partial charge in [0.2, 0.25) is 5.76 Å². The number of carbonyl (C=O) groups is 1. The van der Waals surface area contributed by atoms with Crippen molar-refractivity contribution in [2.24, 2.45) is 0 Å². The molecule has 1 atom stereocenters. The summed E-state index contributed by atoms with van der Waals surface area (Å²) in [7, 11) is 0. The van der Waals surface area contributed by atoms with E-state index in [0.717, 1.165) is 30.7 Å². The van der Waals surface area contributed by atoms with E-state index in [4.69, 9.17) is 4.42 Å². The quantitative estimate of drug-likeness (QED) is 0.765. The summed E-state index contributed by atoms with van der Waals surface area (Å²) < 4.78 is 6.98. The average molecular weight is 369 g/mol. The van der Waals surface area contributed by atoms with Gasteiger partial charge in [-0.2, -0.15) is 0 Å². The van der Waals surface area contributed by atoms with Crippen LogP contribution in [0.4, 0.5) is 0 Å². The number of hydrogen-bond donors (Lipinski definition) is 1. The molecule has 8 nitrogen and oxygen atoms in total. The first-order valence-corrected chi connectivity index (χ1v) is 9.34. The number of oxazole rings is 1. The Morgan fingerprint density at radius 1 is 1.30 bits per heavy atom. The van der Waals surface area contributed by atoms with E-state index in [1.54, 1.807) is 13.8 Å². The second-order valence-electron chi connectivity index (χ2n) is 7.00. The first-order valence-electron chi connectivity index (χ1n) is 9.34. The summed E-state index contributed by atoms with van der Waals surface area (Å²) in [6.07, 6.45) is 3.47. The molecule has 1 aliphatic rings. The molecule has 8 heteroatoms. The molecule has 1 unspecified atom stereocenters. The van der Waals surface area contributed by atoms with E-state index in [1.165, 1.54) is 10.6 Å². The second-order valence-corrected chi connectivity index (χ2v) is 7.00. The fraction of sp³-hybridized carbons (Fsp3) is 0.474. The van der Waals surface area contributed by atoms with E-state index in [9.17, 15) is 9.59 Å². The summed E-state index contributed by atoms with van der Waals surface area (Å²) >= 11 is 0. The Labute approximate surface area is 156 Å². The highest BCUT2D eigenvalue weighted by Crippen LogP contribution is 2.32. The van der Waals surface area contributed by atoms with Crippen molar-refractivity contribution in [3.8, 4) is 0 Å². The summed E-state index contributed by atoms with van der Waals surface area (Å²) in [6.45, 7) is 6.12. The maximum absolute atomic E-state index is 13.1. The van der Waals surface area contributed by atoms with Crippen LogP contribution in [0.5, 0.6) is 0 Å². The Hall–Kier alpha value is -2.90. The molecule has 1 fully saturated rings. The monoisotopic (exact) mass is 369 g/mol. The zero-order chi connectivity index (χ0) is 19.1. The second kappa shape index (κ2) is 6.68. The average Bonchev–Trinajstić information content (AvgIpc) is 3.24. The zero-order valence-corrected chi connectivity index (χ0v) is 15.8. The molecule has 0 radical (unpaired) electrons. The first kappa shape index (κ1) is 17.5. The van der Waals surface area contributed by atoms with E-state index < -0.39 is 0 Å². The van der Waals surface area contributed by atoms with Crippen molar-refractivity contribution in [3.05, 3.63) is 51.2 Å². The van der Waals surface area contributed by atoms with Crippen LogP contribution in [0, 0.1) is 13.8 Å². The molecular weight excluding hydrogens is 346 g/mol. The normalized spacial score (nSPS) is 17.6. The molecule has 1 amide bonds. The first-order chi connectivity index (χ1) is 13.0. The molecule has 4 heterocycles. The number of likely N-dealkylation sites (tertiary alicyclic amines) is 1. The number of rotatable bonds is 3. The smallest absolute Gasteiger partial charge is 0.292 e. The fourth-order valence-corrected chi connectivity index (χ4v) is 3.77. The van der Waals surface area contributed by atoms with E-state index in [2.05, 4.69) is 15.1 Å². The minimum atomic E-state index is -0.161. The van der Waals surface area contributed by atoms with Crippen LogP contribution >= 0.6 is 0 Å². The highest BCUT2D eigenvalue weighted by molar-refractivity contribution is 5.92. The minimum Gasteiger partial charge on any atom is -0.436 e. The van der Waals surface area contributed by atoms with Crippen LogP contribution in [0.15, 0.2) is 21.3 Å². The lowest BCUT2D eigenvalue weighted by atomic mass is 9.99. The molecule has 27 heavy (non-hydrogen) atoms. The third-order valence-electron chi connectivity index (χ3n) is 5.11. The Morgan fingerprint density at radius 2 is 2.11 bits per heavy atom. The summed E-state index contributed by atoms with van der Waals surface area (Å²) in [4.78, 5) is 36.0. The van der Waals surface area contributed by atoms with Gasteiger partial charge in [-0.25, -0.2) is 14.5 Å². The number of nitrogens with zero attached hydrogens (tertiary/aromatic N) is 4.